The number of hydrogen-bond donors (Lipinski definition) is 3. The molecule has 0 aromatic rings. The van der Waals surface area contributed by atoms with Crippen LogP contribution in [0.2, 0.25) is 0 Å². The summed E-state index contributed by atoms with van der Waals surface area (Å²) in [5.74, 6) is -0.149. The molecule has 6 N–H and O–H groups in total. The van der Waals surface area contributed by atoms with Crippen LogP contribution < -0.4 is 17.2 Å². The lowest BCUT2D eigenvalue weighted by molar-refractivity contribution is 0.588. The van der Waals surface area contributed by atoms with Crippen LogP contribution >= 0.6 is 7.95 Å². The molecule has 1 atom stereocenters. The molecule has 0 bridgehead atoms. The lowest BCUT2D eigenvalue weighted by Crippen LogP contribution is -2.21. The van der Waals surface area contributed by atoms with E-state index in [4.69, 9.17) is 17.2 Å². The quantitative estimate of drug-likeness (QED) is 0.270. The van der Waals surface area contributed by atoms with Gasteiger partial charge in [-0.2, -0.15) is 0 Å². The minimum Gasteiger partial charge on any atom is -0.367 e. The molecular weight excluding hydrogens is 139 g/mol. The molecule has 0 aliphatic carbocycles. The summed E-state index contributed by atoms with van der Waals surface area (Å²) >= 11 is 0. The Morgan fingerprint density at radius 2 is 2.11 bits per heavy atom. The van der Waals surface area contributed by atoms with Gasteiger partial charge in [0.2, 0.25) is 5.96 Å². The van der Waals surface area contributed by atoms with Crippen LogP contribution in [0.3, 0.4) is 0 Å². The third-order valence-corrected chi connectivity index (χ3v) is 1.64. The Kier molecular flexibility index (Phi) is 3.92. The Hall–Kier alpha value is -0.670. The van der Waals surface area contributed by atoms with E-state index in [2.05, 4.69) is 4.76 Å². The molecule has 0 aromatic heterocycles. The van der Waals surface area contributed by atoms with Crippen molar-refractivity contribution in [1.29, 1.82) is 0 Å². The monoisotopic (exact) mass is 149 g/mol. The first-order chi connectivity index (χ1) is 4.16. The van der Waals surface area contributed by atoms with E-state index in [1.807, 2.05) is 0 Å². The van der Waals surface area contributed by atoms with Crippen LogP contribution in [0.1, 0.15) is 0 Å². The van der Waals surface area contributed by atoms with Gasteiger partial charge >= 0.3 is 7.95 Å². The molecule has 6 heteroatoms. The number of nitrogens with two attached hydrogens (primary N) is 3. The number of hydrogen-bond acceptors (Lipinski definition) is 2. The zero-order valence-electron chi connectivity index (χ0n) is 4.95. The molecule has 0 heterocycles. The molecule has 0 aliphatic rings. The minimum atomic E-state index is -1.66. The predicted octanol–water partition coefficient (Wildman–Crippen LogP) is -1.04. The van der Waals surface area contributed by atoms with Crippen LogP contribution in [0.15, 0.2) is 4.76 Å². The topological polar surface area (TPSA) is 107 Å². The van der Waals surface area contributed by atoms with Crippen molar-refractivity contribution in [2.45, 2.75) is 0 Å². The molecule has 5 nitrogen and oxygen atoms in total. The lowest BCUT2D eigenvalue weighted by atomic mass is 10.8. The average molecular weight is 149 g/mol. The highest BCUT2D eigenvalue weighted by Crippen LogP contribution is 2.19. The van der Waals surface area contributed by atoms with Gasteiger partial charge in [0, 0.05) is 11.3 Å². The Morgan fingerprint density at radius 3 is 2.44 bits per heavy atom. The van der Waals surface area contributed by atoms with Crippen LogP contribution in [-0.2, 0) is 4.57 Å². The van der Waals surface area contributed by atoms with E-state index in [-0.39, 0.29) is 5.96 Å². The van der Waals surface area contributed by atoms with Gasteiger partial charge in [-0.25, -0.2) is 0 Å². The maximum Gasteiger partial charge on any atom is 0.489 e. The van der Waals surface area contributed by atoms with Crippen molar-refractivity contribution in [3.8, 4) is 0 Å². The van der Waals surface area contributed by atoms with Crippen molar-refractivity contribution < 1.29 is 4.57 Å². The van der Waals surface area contributed by atoms with Crippen molar-refractivity contribution in [1.82, 2.24) is 0 Å². The first kappa shape index (κ1) is 8.33. The molecule has 0 radical (unpaired) electrons. The third kappa shape index (κ3) is 5.20. The van der Waals surface area contributed by atoms with Crippen LogP contribution in [0, 0.1) is 0 Å². The van der Waals surface area contributed by atoms with Crippen LogP contribution in [0.5, 0.6) is 0 Å². The Bertz CT molecular complexity index is 130. The van der Waals surface area contributed by atoms with E-state index in [9.17, 15) is 4.57 Å². The Labute approximate surface area is 54.1 Å². The van der Waals surface area contributed by atoms with Crippen molar-refractivity contribution in [3.05, 3.63) is 0 Å². The number of nitrogens with zero attached hydrogens (tertiary/aromatic N) is 1. The lowest BCUT2D eigenvalue weighted by Gasteiger charge is -1.78. The van der Waals surface area contributed by atoms with Gasteiger partial charge in [-0.05, 0) is 4.57 Å². The van der Waals surface area contributed by atoms with Crippen LogP contribution in [0.4, 0.5) is 0 Å². The molecule has 0 saturated carbocycles. The Morgan fingerprint density at radius 1 is 1.56 bits per heavy atom. The van der Waals surface area contributed by atoms with E-state index in [0.29, 0.717) is 12.7 Å². The van der Waals surface area contributed by atoms with E-state index in [1.165, 1.54) is 0 Å². The average Bonchev–Trinajstić information content (AvgIpc) is 1.63. The zero-order valence-corrected chi connectivity index (χ0v) is 5.84. The van der Waals surface area contributed by atoms with Crippen molar-refractivity contribution in [2.75, 3.05) is 12.7 Å². The molecule has 0 saturated heterocycles. The normalized spacial score (nSPS) is 10.6. The van der Waals surface area contributed by atoms with E-state index >= 15 is 0 Å². The molecule has 52 valence electrons. The summed E-state index contributed by atoms with van der Waals surface area (Å²) in [6.07, 6.45) is 0.341. The fourth-order valence-corrected chi connectivity index (χ4v) is 0.868. The highest BCUT2D eigenvalue weighted by Gasteiger charge is 2.11. The second kappa shape index (κ2) is 4.23. The number of guanidine groups is 1. The van der Waals surface area contributed by atoms with Crippen molar-refractivity contribution >= 4 is 13.9 Å². The summed E-state index contributed by atoms with van der Waals surface area (Å²) in [6.45, 7) is 0.339. The summed E-state index contributed by atoms with van der Waals surface area (Å²) in [5, 5.41) is 0. The third-order valence-electron chi connectivity index (χ3n) is 0.547. The largest absolute Gasteiger partial charge is 0.489 e. The van der Waals surface area contributed by atoms with Crippen LogP contribution in [0.25, 0.3) is 0 Å². The van der Waals surface area contributed by atoms with Gasteiger partial charge in [0.15, 0.2) is 6.16 Å². The summed E-state index contributed by atoms with van der Waals surface area (Å²) in [6, 6.07) is 0. The molecule has 0 aliphatic heterocycles. The Balaban J connectivity index is 3.63. The summed E-state index contributed by atoms with van der Waals surface area (Å²) in [5.41, 5.74) is 14.9. The standard InChI is InChI=1S/C3H10N4OP/c4-1-2-9(8)7-3(5)6/h1-2,4H2,(H4,5,6,7,8)/q+1. The second-order valence-electron chi connectivity index (χ2n) is 1.39. The van der Waals surface area contributed by atoms with Gasteiger partial charge in [-0.1, -0.05) is 0 Å². The molecular formula is C3H10N4OP+. The molecule has 0 amide bonds. The maximum absolute atomic E-state index is 10.6. The van der Waals surface area contributed by atoms with Gasteiger partial charge in [0.05, 0.1) is 0 Å². The van der Waals surface area contributed by atoms with Gasteiger partial charge in [0.25, 0.3) is 0 Å². The van der Waals surface area contributed by atoms with Crippen molar-refractivity contribution in [3.63, 3.8) is 0 Å². The van der Waals surface area contributed by atoms with Gasteiger partial charge in [-0.15, -0.1) is 0 Å². The van der Waals surface area contributed by atoms with Gasteiger partial charge < -0.3 is 17.2 Å². The predicted molar refractivity (Wildman–Crippen MR) is 37.3 cm³/mol. The fraction of sp³-hybridized carbons (Fsp3) is 0.667. The van der Waals surface area contributed by atoms with E-state index in [0.717, 1.165) is 0 Å². The first-order valence-corrected chi connectivity index (χ1v) is 3.81. The van der Waals surface area contributed by atoms with Gasteiger partial charge in [-0.3, -0.25) is 0 Å². The van der Waals surface area contributed by atoms with Crippen LogP contribution in [-0.4, -0.2) is 18.7 Å². The van der Waals surface area contributed by atoms with E-state index in [1.54, 1.807) is 0 Å². The molecule has 0 rings (SSSR count). The smallest absolute Gasteiger partial charge is 0.367 e. The summed E-state index contributed by atoms with van der Waals surface area (Å²) in [4.78, 5) is 0. The highest BCUT2D eigenvalue weighted by molar-refractivity contribution is 7.43. The molecule has 0 spiro atoms. The van der Waals surface area contributed by atoms with Gasteiger partial charge in [0.1, 0.15) is 0 Å². The molecule has 0 fully saturated rings. The maximum atomic E-state index is 10.6. The van der Waals surface area contributed by atoms with E-state index < -0.39 is 7.95 Å². The second-order valence-corrected chi connectivity index (χ2v) is 2.74. The fourth-order valence-electron chi connectivity index (χ4n) is 0.289. The first-order valence-electron chi connectivity index (χ1n) is 2.41. The minimum absolute atomic E-state index is 0.149. The van der Waals surface area contributed by atoms with Crippen molar-refractivity contribution in [2.24, 2.45) is 22.0 Å². The highest BCUT2D eigenvalue weighted by atomic mass is 31.1. The molecule has 0 aromatic carbocycles. The molecule has 1 unspecified atom stereocenters. The SMILES string of the molecule is NCC[P+](=O)N=C(N)N. The number of rotatable bonds is 3. The zero-order chi connectivity index (χ0) is 7.28. The summed E-state index contributed by atoms with van der Waals surface area (Å²) < 4.78 is 13.9. The summed E-state index contributed by atoms with van der Waals surface area (Å²) in [7, 11) is -1.66. The molecule has 9 heavy (non-hydrogen) atoms.